The number of nitrogens with one attached hydrogen (secondary N) is 1. The molecule has 0 aliphatic rings. The number of halogens is 1. The van der Waals surface area contributed by atoms with Crippen molar-refractivity contribution in [2.75, 3.05) is 19.0 Å². The third kappa shape index (κ3) is 4.39. The van der Waals surface area contributed by atoms with Crippen LogP contribution in [0, 0.1) is 10.1 Å². The lowest BCUT2D eigenvalue weighted by Gasteiger charge is -2.12. The summed E-state index contributed by atoms with van der Waals surface area (Å²) in [5, 5.41) is 15.0. The zero-order valence-electron chi connectivity index (χ0n) is 13.1. The molecule has 0 bridgehead atoms. The average molecular weight is 391 g/mol. The standard InChI is InChI=1S/C16H15BrN4O3/c1-20(2)14-8-3-11(9-15(14)21(23)24)10-18-19-16(22)12-4-6-13(17)7-5-12/h3-10H,1-2H3,(H,19,22)/b18-10+. The smallest absolute Gasteiger partial charge is 0.293 e. The molecule has 2 aromatic carbocycles. The summed E-state index contributed by atoms with van der Waals surface area (Å²) in [4.78, 5) is 24.3. The van der Waals surface area contributed by atoms with Crippen LogP contribution >= 0.6 is 15.9 Å². The van der Waals surface area contributed by atoms with Gasteiger partial charge in [0.1, 0.15) is 5.69 Å². The molecule has 24 heavy (non-hydrogen) atoms. The molecule has 7 nitrogen and oxygen atoms in total. The van der Waals surface area contributed by atoms with Crippen molar-refractivity contribution >= 4 is 39.4 Å². The molecule has 0 heterocycles. The van der Waals surface area contributed by atoms with Crippen molar-refractivity contribution in [2.45, 2.75) is 0 Å². The summed E-state index contributed by atoms with van der Waals surface area (Å²) in [6, 6.07) is 11.6. The van der Waals surface area contributed by atoms with Crippen LogP contribution in [0.2, 0.25) is 0 Å². The molecule has 0 aliphatic carbocycles. The Hall–Kier alpha value is -2.74. The number of hydrogen-bond acceptors (Lipinski definition) is 5. The fourth-order valence-corrected chi connectivity index (χ4v) is 2.24. The Morgan fingerprint density at radius 3 is 2.50 bits per heavy atom. The lowest BCUT2D eigenvalue weighted by Crippen LogP contribution is -2.17. The Kier molecular flexibility index (Phi) is 5.64. The Morgan fingerprint density at radius 1 is 1.25 bits per heavy atom. The molecule has 2 aromatic rings. The van der Waals surface area contributed by atoms with Crippen molar-refractivity contribution in [3.8, 4) is 0 Å². The molecule has 0 unspecified atom stereocenters. The number of nitro benzene ring substituents is 1. The van der Waals surface area contributed by atoms with Crippen LogP contribution in [-0.2, 0) is 0 Å². The van der Waals surface area contributed by atoms with Gasteiger partial charge in [0, 0.05) is 35.8 Å². The normalized spacial score (nSPS) is 10.6. The Bertz CT molecular complexity index is 788. The molecule has 0 fully saturated rings. The zero-order chi connectivity index (χ0) is 17.7. The van der Waals surface area contributed by atoms with Crippen molar-refractivity contribution in [1.82, 2.24) is 5.43 Å². The maximum absolute atomic E-state index is 11.9. The van der Waals surface area contributed by atoms with E-state index in [9.17, 15) is 14.9 Å². The van der Waals surface area contributed by atoms with Gasteiger partial charge in [0.05, 0.1) is 11.1 Å². The number of nitro groups is 1. The summed E-state index contributed by atoms with van der Waals surface area (Å²) >= 11 is 3.29. The second-order valence-electron chi connectivity index (χ2n) is 5.11. The van der Waals surface area contributed by atoms with E-state index in [1.807, 2.05) is 0 Å². The molecule has 1 N–H and O–H groups in total. The van der Waals surface area contributed by atoms with Crippen molar-refractivity contribution in [3.63, 3.8) is 0 Å². The highest BCUT2D eigenvalue weighted by atomic mass is 79.9. The van der Waals surface area contributed by atoms with Gasteiger partial charge in [-0.05, 0) is 30.3 Å². The van der Waals surface area contributed by atoms with E-state index in [4.69, 9.17) is 0 Å². The van der Waals surface area contributed by atoms with Crippen LogP contribution in [0.15, 0.2) is 52.0 Å². The molecule has 0 aromatic heterocycles. The van der Waals surface area contributed by atoms with E-state index in [-0.39, 0.29) is 11.6 Å². The second kappa shape index (κ2) is 7.69. The fraction of sp³-hybridized carbons (Fsp3) is 0.125. The summed E-state index contributed by atoms with van der Waals surface area (Å²) in [6.45, 7) is 0. The van der Waals surface area contributed by atoms with Crippen molar-refractivity contribution < 1.29 is 9.72 Å². The number of hydrogen-bond donors (Lipinski definition) is 1. The number of anilines is 1. The molecule has 0 radical (unpaired) electrons. The highest BCUT2D eigenvalue weighted by molar-refractivity contribution is 9.10. The predicted octanol–water partition coefficient (Wildman–Crippen LogP) is 3.19. The number of hydrazone groups is 1. The maximum atomic E-state index is 11.9. The number of amides is 1. The number of carbonyl (C=O) groups excluding carboxylic acids is 1. The van der Waals surface area contributed by atoms with Crippen LogP contribution < -0.4 is 10.3 Å². The minimum absolute atomic E-state index is 0.0248. The second-order valence-corrected chi connectivity index (χ2v) is 6.02. The lowest BCUT2D eigenvalue weighted by atomic mass is 10.2. The fourth-order valence-electron chi connectivity index (χ4n) is 1.98. The molecule has 124 valence electrons. The van der Waals surface area contributed by atoms with E-state index in [2.05, 4.69) is 26.5 Å². The number of benzene rings is 2. The van der Waals surface area contributed by atoms with E-state index >= 15 is 0 Å². The monoisotopic (exact) mass is 390 g/mol. The van der Waals surface area contributed by atoms with E-state index in [1.54, 1.807) is 55.4 Å². The first-order chi connectivity index (χ1) is 11.4. The predicted molar refractivity (Wildman–Crippen MR) is 96.6 cm³/mol. The number of nitrogens with zero attached hydrogens (tertiary/aromatic N) is 3. The van der Waals surface area contributed by atoms with E-state index in [0.717, 1.165) is 4.47 Å². The van der Waals surface area contributed by atoms with E-state index in [0.29, 0.717) is 16.8 Å². The Labute approximate surface area is 147 Å². The van der Waals surface area contributed by atoms with Gasteiger partial charge in [-0.15, -0.1) is 0 Å². The van der Waals surface area contributed by atoms with Crippen LogP contribution in [0.3, 0.4) is 0 Å². The minimum Gasteiger partial charge on any atom is -0.372 e. The molecular weight excluding hydrogens is 376 g/mol. The van der Waals surface area contributed by atoms with Gasteiger partial charge in [-0.3, -0.25) is 14.9 Å². The van der Waals surface area contributed by atoms with Gasteiger partial charge in [-0.2, -0.15) is 5.10 Å². The van der Waals surface area contributed by atoms with Crippen LogP contribution in [0.4, 0.5) is 11.4 Å². The molecule has 0 spiro atoms. The summed E-state index contributed by atoms with van der Waals surface area (Å²) in [6.07, 6.45) is 1.36. The summed E-state index contributed by atoms with van der Waals surface area (Å²) < 4.78 is 0.871. The highest BCUT2D eigenvalue weighted by Crippen LogP contribution is 2.27. The van der Waals surface area contributed by atoms with Gasteiger partial charge in [-0.25, -0.2) is 5.43 Å². The first-order valence-electron chi connectivity index (χ1n) is 6.93. The van der Waals surface area contributed by atoms with Gasteiger partial charge >= 0.3 is 0 Å². The lowest BCUT2D eigenvalue weighted by molar-refractivity contribution is -0.384. The average Bonchev–Trinajstić information content (AvgIpc) is 2.55. The Balaban J connectivity index is 2.11. The van der Waals surface area contributed by atoms with Gasteiger partial charge in [0.2, 0.25) is 0 Å². The molecule has 0 atom stereocenters. The molecule has 1 amide bonds. The third-order valence-corrected chi connectivity index (χ3v) is 3.69. The zero-order valence-corrected chi connectivity index (χ0v) is 14.6. The number of carbonyl (C=O) groups is 1. The molecule has 8 heteroatoms. The molecule has 0 saturated carbocycles. The largest absolute Gasteiger partial charge is 0.372 e. The SMILES string of the molecule is CN(C)c1ccc(/C=N/NC(=O)c2ccc(Br)cc2)cc1[N+](=O)[O-]. The summed E-state index contributed by atoms with van der Waals surface area (Å²) in [5.74, 6) is -0.363. The topological polar surface area (TPSA) is 87.8 Å². The van der Waals surface area contributed by atoms with Crippen molar-refractivity contribution in [1.29, 1.82) is 0 Å². The number of rotatable bonds is 5. The minimum atomic E-state index is -0.451. The van der Waals surface area contributed by atoms with Crippen LogP contribution in [0.25, 0.3) is 0 Å². The third-order valence-electron chi connectivity index (χ3n) is 3.16. The quantitative estimate of drug-likeness (QED) is 0.482. The first-order valence-corrected chi connectivity index (χ1v) is 7.72. The molecule has 2 rings (SSSR count). The highest BCUT2D eigenvalue weighted by Gasteiger charge is 2.15. The van der Waals surface area contributed by atoms with Gasteiger partial charge in [0.15, 0.2) is 0 Å². The van der Waals surface area contributed by atoms with Gasteiger partial charge in [-0.1, -0.05) is 22.0 Å². The summed E-state index contributed by atoms with van der Waals surface area (Å²) in [7, 11) is 3.46. The van der Waals surface area contributed by atoms with Gasteiger partial charge in [0.25, 0.3) is 11.6 Å². The molecular formula is C16H15BrN4O3. The van der Waals surface area contributed by atoms with Crippen LogP contribution in [-0.4, -0.2) is 31.1 Å². The van der Waals surface area contributed by atoms with Crippen molar-refractivity contribution in [3.05, 3.63) is 68.2 Å². The summed E-state index contributed by atoms with van der Waals surface area (Å²) in [5.41, 5.74) is 3.84. The van der Waals surface area contributed by atoms with Gasteiger partial charge < -0.3 is 4.90 Å². The maximum Gasteiger partial charge on any atom is 0.293 e. The molecule has 0 saturated heterocycles. The van der Waals surface area contributed by atoms with Crippen molar-refractivity contribution in [2.24, 2.45) is 5.10 Å². The van der Waals surface area contributed by atoms with E-state index in [1.165, 1.54) is 12.3 Å². The van der Waals surface area contributed by atoms with Crippen LogP contribution in [0.1, 0.15) is 15.9 Å². The first kappa shape index (κ1) is 17.6. The van der Waals surface area contributed by atoms with E-state index < -0.39 is 4.92 Å². The Morgan fingerprint density at radius 2 is 1.92 bits per heavy atom. The van der Waals surface area contributed by atoms with Crippen LogP contribution in [0.5, 0.6) is 0 Å². The molecule has 0 aliphatic heterocycles.